The first-order valence-electron chi connectivity index (χ1n) is 5.83. The molecule has 0 aliphatic carbocycles. The summed E-state index contributed by atoms with van der Waals surface area (Å²) in [6.45, 7) is 3.93. The van der Waals surface area contributed by atoms with E-state index in [0.29, 0.717) is 10.2 Å². The number of benzene rings is 1. The minimum atomic E-state index is -0.190. The zero-order chi connectivity index (χ0) is 13.1. The van der Waals surface area contributed by atoms with Gasteiger partial charge in [0, 0.05) is 11.6 Å². The Morgan fingerprint density at radius 2 is 1.83 bits per heavy atom. The van der Waals surface area contributed by atoms with Gasteiger partial charge in [0.05, 0.1) is 6.04 Å². The van der Waals surface area contributed by atoms with Crippen molar-refractivity contribution >= 4 is 15.9 Å². The molecule has 2 atom stereocenters. The number of nitrogens with one attached hydrogen (secondary N) is 1. The summed E-state index contributed by atoms with van der Waals surface area (Å²) in [5, 5.41) is 3.31. The quantitative estimate of drug-likeness (QED) is 0.893. The Hall–Kier alpha value is -1.13. The molecule has 2 aromatic rings. The van der Waals surface area contributed by atoms with Gasteiger partial charge in [-0.15, -0.1) is 0 Å². The van der Waals surface area contributed by atoms with Crippen molar-refractivity contribution in [2.75, 3.05) is 0 Å². The normalized spacial score (nSPS) is 14.4. The molecular formula is C14H15BrFNO. The highest BCUT2D eigenvalue weighted by Crippen LogP contribution is 2.24. The number of furan rings is 1. The van der Waals surface area contributed by atoms with Crippen molar-refractivity contribution in [2.45, 2.75) is 25.9 Å². The lowest BCUT2D eigenvalue weighted by Crippen LogP contribution is -2.22. The fourth-order valence-electron chi connectivity index (χ4n) is 1.93. The van der Waals surface area contributed by atoms with Crippen LogP contribution in [0.15, 0.2) is 45.5 Å². The van der Waals surface area contributed by atoms with Crippen molar-refractivity contribution in [2.24, 2.45) is 0 Å². The summed E-state index contributed by atoms with van der Waals surface area (Å²) >= 11 is 3.27. The van der Waals surface area contributed by atoms with Crippen LogP contribution in [0.4, 0.5) is 4.39 Å². The molecule has 2 rings (SSSR count). The van der Waals surface area contributed by atoms with Crippen LogP contribution in [0.1, 0.15) is 37.3 Å². The van der Waals surface area contributed by atoms with E-state index < -0.39 is 0 Å². The third kappa shape index (κ3) is 3.00. The van der Waals surface area contributed by atoms with E-state index in [0.717, 1.165) is 5.76 Å². The van der Waals surface area contributed by atoms with Gasteiger partial charge in [0.25, 0.3) is 0 Å². The van der Waals surface area contributed by atoms with Crippen LogP contribution >= 0.6 is 15.9 Å². The van der Waals surface area contributed by atoms with Crippen LogP contribution in [0.2, 0.25) is 0 Å². The average Bonchev–Trinajstić information content (AvgIpc) is 2.76. The number of hydrogen-bond acceptors (Lipinski definition) is 2. The van der Waals surface area contributed by atoms with Crippen molar-refractivity contribution < 1.29 is 8.81 Å². The minimum Gasteiger partial charge on any atom is -0.453 e. The third-order valence-electron chi connectivity index (χ3n) is 2.89. The van der Waals surface area contributed by atoms with Crippen molar-refractivity contribution in [3.8, 4) is 0 Å². The lowest BCUT2D eigenvalue weighted by molar-refractivity contribution is 0.389. The first-order valence-corrected chi connectivity index (χ1v) is 6.63. The maximum Gasteiger partial charge on any atom is 0.169 e. The van der Waals surface area contributed by atoms with E-state index in [1.807, 2.05) is 32.0 Å². The van der Waals surface area contributed by atoms with Gasteiger partial charge >= 0.3 is 0 Å². The second-order valence-corrected chi connectivity index (χ2v) is 5.06. The fraction of sp³-hybridized carbons (Fsp3) is 0.286. The fourth-order valence-corrected chi connectivity index (χ4v) is 2.25. The molecule has 0 amide bonds. The summed E-state index contributed by atoms with van der Waals surface area (Å²) < 4.78 is 19.8. The van der Waals surface area contributed by atoms with Gasteiger partial charge in [0.2, 0.25) is 0 Å². The van der Waals surface area contributed by atoms with Crippen LogP contribution in [-0.2, 0) is 0 Å². The van der Waals surface area contributed by atoms with Crippen molar-refractivity contribution in [3.05, 3.63) is 58.2 Å². The number of halogens is 2. The Labute approximate surface area is 114 Å². The summed E-state index contributed by atoms with van der Waals surface area (Å²) in [6.07, 6.45) is 0. The van der Waals surface area contributed by atoms with Crippen molar-refractivity contribution in [1.29, 1.82) is 0 Å². The SMILES string of the molecule is CC(N[C@H](C)c1ccccc1F)c1ccc(Br)o1. The molecule has 2 nitrogen and oxygen atoms in total. The summed E-state index contributed by atoms with van der Waals surface area (Å²) in [5.74, 6) is 0.635. The van der Waals surface area contributed by atoms with Crippen LogP contribution in [0.5, 0.6) is 0 Å². The van der Waals surface area contributed by atoms with Gasteiger partial charge < -0.3 is 9.73 Å². The summed E-state index contributed by atoms with van der Waals surface area (Å²) in [6, 6.07) is 10.5. The zero-order valence-corrected chi connectivity index (χ0v) is 11.9. The molecule has 0 aliphatic rings. The highest BCUT2D eigenvalue weighted by atomic mass is 79.9. The molecule has 1 N–H and O–H groups in total. The maximum absolute atomic E-state index is 13.6. The van der Waals surface area contributed by atoms with Gasteiger partial charge in [-0.1, -0.05) is 18.2 Å². The third-order valence-corrected chi connectivity index (χ3v) is 3.32. The Bertz CT molecular complexity index is 526. The summed E-state index contributed by atoms with van der Waals surface area (Å²) in [4.78, 5) is 0. The molecule has 0 saturated heterocycles. The highest BCUT2D eigenvalue weighted by Gasteiger charge is 2.16. The molecule has 1 aromatic carbocycles. The van der Waals surface area contributed by atoms with E-state index in [4.69, 9.17) is 4.42 Å². The van der Waals surface area contributed by atoms with E-state index in [2.05, 4.69) is 21.2 Å². The van der Waals surface area contributed by atoms with Gasteiger partial charge in [0.1, 0.15) is 11.6 Å². The molecule has 0 radical (unpaired) electrons. The van der Waals surface area contributed by atoms with Gasteiger partial charge in [-0.05, 0) is 48.0 Å². The Morgan fingerprint density at radius 1 is 1.11 bits per heavy atom. The summed E-state index contributed by atoms with van der Waals surface area (Å²) in [5.41, 5.74) is 0.662. The standard InChI is InChI=1S/C14H15BrFNO/c1-9(11-5-3-4-6-12(11)16)17-10(2)13-7-8-14(15)18-13/h3-10,17H,1-2H3/t9-,10?/m1/s1. The van der Waals surface area contributed by atoms with Gasteiger partial charge in [-0.2, -0.15) is 0 Å². The molecule has 0 fully saturated rings. The van der Waals surface area contributed by atoms with Crippen LogP contribution < -0.4 is 5.32 Å². The molecule has 4 heteroatoms. The molecule has 0 aliphatic heterocycles. The number of rotatable bonds is 4. The van der Waals surface area contributed by atoms with E-state index in [9.17, 15) is 4.39 Å². The van der Waals surface area contributed by atoms with E-state index in [1.165, 1.54) is 6.07 Å². The molecule has 18 heavy (non-hydrogen) atoms. The minimum absolute atomic E-state index is 0.0194. The van der Waals surface area contributed by atoms with Crippen LogP contribution in [0.25, 0.3) is 0 Å². The monoisotopic (exact) mass is 311 g/mol. The molecular weight excluding hydrogens is 297 g/mol. The van der Waals surface area contributed by atoms with Crippen LogP contribution in [0, 0.1) is 5.82 Å². The first-order chi connectivity index (χ1) is 8.58. The molecule has 96 valence electrons. The van der Waals surface area contributed by atoms with Gasteiger partial charge in [0.15, 0.2) is 4.67 Å². The zero-order valence-electron chi connectivity index (χ0n) is 10.3. The smallest absolute Gasteiger partial charge is 0.169 e. The van der Waals surface area contributed by atoms with Crippen molar-refractivity contribution in [1.82, 2.24) is 5.32 Å². The molecule has 0 spiro atoms. The van der Waals surface area contributed by atoms with E-state index in [-0.39, 0.29) is 17.9 Å². The van der Waals surface area contributed by atoms with Crippen molar-refractivity contribution in [3.63, 3.8) is 0 Å². The Balaban J connectivity index is 2.08. The van der Waals surface area contributed by atoms with Crippen LogP contribution in [0.3, 0.4) is 0 Å². The molecule has 0 bridgehead atoms. The van der Waals surface area contributed by atoms with Crippen LogP contribution in [-0.4, -0.2) is 0 Å². The first kappa shape index (κ1) is 13.3. The number of hydrogen-bond donors (Lipinski definition) is 1. The van der Waals surface area contributed by atoms with Gasteiger partial charge in [-0.25, -0.2) is 4.39 Å². The predicted molar refractivity (Wildman–Crippen MR) is 72.8 cm³/mol. The topological polar surface area (TPSA) is 25.2 Å². The molecule has 0 saturated carbocycles. The highest BCUT2D eigenvalue weighted by molar-refractivity contribution is 9.10. The maximum atomic E-state index is 13.6. The largest absolute Gasteiger partial charge is 0.453 e. The Morgan fingerprint density at radius 3 is 2.44 bits per heavy atom. The second kappa shape index (κ2) is 5.67. The molecule has 1 heterocycles. The molecule has 1 aromatic heterocycles. The predicted octanol–water partition coefficient (Wildman–Crippen LogP) is 4.59. The van der Waals surface area contributed by atoms with Gasteiger partial charge in [-0.3, -0.25) is 0 Å². The lowest BCUT2D eigenvalue weighted by atomic mass is 10.1. The Kier molecular flexibility index (Phi) is 4.19. The van der Waals surface area contributed by atoms with E-state index in [1.54, 1.807) is 12.1 Å². The van der Waals surface area contributed by atoms with E-state index >= 15 is 0 Å². The lowest BCUT2D eigenvalue weighted by Gasteiger charge is -2.19. The second-order valence-electron chi connectivity index (χ2n) is 4.27. The molecule has 1 unspecified atom stereocenters. The average molecular weight is 312 g/mol. The summed E-state index contributed by atoms with van der Waals surface area (Å²) in [7, 11) is 0.